The molecule has 13 heavy (non-hydrogen) atoms. The Morgan fingerprint density at radius 1 is 1.38 bits per heavy atom. The molecule has 0 saturated carbocycles. The zero-order valence-corrected chi connectivity index (χ0v) is 8.83. The van der Waals surface area contributed by atoms with Crippen LogP contribution in [0.5, 0.6) is 0 Å². The maximum atomic E-state index is 5.62. The zero-order chi connectivity index (χ0) is 9.68. The third kappa shape index (κ3) is 3.25. The molecule has 3 heteroatoms. The lowest BCUT2D eigenvalue weighted by Crippen LogP contribution is -2.39. The molecule has 0 aromatic rings. The molecular weight excluding hydrogens is 164 g/mol. The van der Waals surface area contributed by atoms with E-state index in [-0.39, 0.29) is 0 Å². The van der Waals surface area contributed by atoms with E-state index in [9.17, 15) is 0 Å². The topological polar surface area (TPSA) is 38.5 Å². The molecule has 1 heterocycles. The SMILES string of the molecule is CN(C)C(CCN)C1CCOCC1. The average molecular weight is 186 g/mol. The fourth-order valence-electron chi connectivity index (χ4n) is 2.19. The van der Waals surface area contributed by atoms with Crippen molar-refractivity contribution in [1.82, 2.24) is 4.90 Å². The maximum absolute atomic E-state index is 5.62. The van der Waals surface area contributed by atoms with Crippen LogP contribution in [0.25, 0.3) is 0 Å². The molecule has 0 aromatic heterocycles. The molecule has 78 valence electrons. The van der Waals surface area contributed by atoms with Crippen molar-refractivity contribution in [2.24, 2.45) is 11.7 Å². The van der Waals surface area contributed by atoms with Gasteiger partial charge in [0, 0.05) is 19.3 Å². The van der Waals surface area contributed by atoms with Crippen LogP contribution >= 0.6 is 0 Å². The normalized spacial score (nSPS) is 22.2. The second kappa shape index (κ2) is 5.58. The first-order valence-electron chi connectivity index (χ1n) is 5.20. The van der Waals surface area contributed by atoms with Crippen LogP contribution in [0.2, 0.25) is 0 Å². The molecule has 3 nitrogen and oxygen atoms in total. The van der Waals surface area contributed by atoms with Crippen molar-refractivity contribution in [3.63, 3.8) is 0 Å². The molecule has 0 aromatic carbocycles. The van der Waals surface area contributed by atoms with E-state index in [2.05, 4.69) is 19.0 Å². The number of nitrogens with two attached hydrogens (primary N) is 1. The lowest BCUT2D eigenvalue weighted by Gasteiger charge is -2.34. The summed E-state index contributed by atoms with van der Waals surface area (Å²) >= 11 is 0. The van der Waals surface area contributed by atoms with E-state index in [1.165, 1.54) is 12.8 Å². The summed E-state index contributed by atoms with van der Waals surface area (Å²) in [5.41, 5.74) is 5.62. The molecule has 2 N–H and O–H groups in total. The Balaban J connectivity index is 2.41. The monoisotopic (exact) mass is 186 g/mol. The quantitative estimate of drug-likeness (QED) is 0.702. The van der Waals surface area contributed by atoms with Crippen LogP contribution in [0.15, 0.2) is 0 Å². The minimum Gasteiger partial charge on any atom is -0.381 e. The van der Waals surface area contributed by atoms with Crippen LogP contribution in [-0.2, 0) is 4.74 Å². The second-order valence-electron chi connectivity index (χ2n) is 4.06. The highest BCUT2D eigenvalue weighted by Gasteiger charge is 2.24. The standard InChI is InChI=1S/C10H22N2O/c1-12(2)10(3-6-11)9-4-7-13-8-5-9/h9-10H,3-8,11H2,1-2H3. The second-order valence-corrected chi connectivity index (χ2v) is 4.06. The molecule has 1 rings (SSSR count). The van der Waals surface area contributed by atoms with Gasteiger partial charge in [-0.05, 0) is 45.8 Å². The third-order valence-corrected chi connectivity index (χ3v) is 2.94. The molecule has 1 saturated heterocycles. The van der Waals surface area contributed by atoms with Gasteiger partial charge in [-0.1, -0.05) is 0 Å². The van der Waals surface area contributed by atoms with E-state index in [1.54, 1.807) is 0 Å². The van der Waals surface area contributed by atoms with Gasteiger partial charge < -0.3 is 15.4 Å². The molecule has 0 radical (unpaired) electrons. The minimum absolute atomic E-state index is 0.647. The van der Waals surface area contributed by atoms with Crippen molar-refractivity contribution in [2.45, 2.75) is 25.3 Å². The smallest absolute Gasteiger partial charge is 0.0469 e. The Kier molecular flexibility index (Phi) is 4.70. The average Bonchev–Trinajstić information content (AvgIpc) is 2.15. The van der Waals surface area contributed by atoms with Crippen LogP contribution in [0, 0.1) is 5.92 Å². The first-order chi connectivity index (χ1) is 6.25. The van der Waals surface area contributed by atoms with Gasteiger partial charge in [0.2, 0.25) is 0 Å². The first-order valence-corrected chi connectivity index (χ1v) is 5.20. The van der Waals surface area contributed by atoms with E-state index in [0.29, 0.717) is 6.04 Å². The number of ether oxygens (including phenoxy) is 1. The van der Waals surface area contributed by atoms with Crippen molar-refractivity contribution < 1.29 is 4.74 Å². The fraction of sp³-hybridized carbons (Fsp3) is 1.00. The predicted molar refractivity (Wildman–Crippen MR) is 54.7 cm³/mol. The molecule has 1 aliphatic heterocycles. The summed E-state index contributed by atoms with van der Waals surface area (Å²) in [6, 6.07) is 0.647. The van der Waals surface area contributed by atoms with E-state index in [0.717, 1.165) is 32.1 Å². The van der Waals surface area contributed by atoms with Gasteiger partial charge in [0.05, 0.1) is 0 Å². The van der Waals surface area contributed by atoms with Crippen molar-refractivity contribution in [1.29, 1.82) is 0 Å². The molecule has 1 unspecified atom stereocenters. The molecule has 1 atom stereocenters. The van der Waals surface area contributed by atoms with Gasteiger partial charge in [-0.2, -0.15) is 0 Å². The summed E-state index contributed by atoms with van der Waals surface area (Å²) < 4.78 is 5.36. The first kappa shape index (κ1) is 11.0. The van der Waals surface area contributed by atoms with Gasteiger partial charge in [-0.15, -0.1) is 0 Å². The van der Waals surface area contributed by atoms with Gasteiger partial charge in [0.1, 0.15) is 0 Å². The summed E-state index contributed by atoms with van der Waals surface area (Å²) in [6.07, 6.45) is 3.50. The predicted octanol–water partition coefficient (Wildman–Crippen LogP) is 0.692. The molecule has 0 aliphatic carbocycles. The summed E-state index contributed by atoms with van der Waals surface area (Å²) in [6.45, 7) is 2.65. The van der Waals surface area contributed by atoms with Crippen molar-refractivity contribution in [2.75, 3.05) is 33.9 Å². The van der Waals surface area contributed by atoms with Crippen molar-refractivity contribution in [3.8, 4) is 0 Å². The fourth-order valence-corrected chi connectivity index (χ4v) is 2.19. The highest BCUT2D eigenvalue weighted by molar-refractivity contribution is 4.78. The number of hydrogen-bond donors (Lipinski definition) is 1. The summed E-state index contributed by atoms with van der Waals surface area (Å²) in [5.74, 6) is 0.785. The summed E-state index contributed by atoms with van der Waals surface area (Å²) in [4.78, 5) is 2.31. The Morgan fingerprint density at radius 2 is 2.00 bits per heavy atom. The number of rotatable bonds is 4. The Morgan fingerprint density at radius 3 is 2.46 bits per heavy atom. The van der Waals surface area contributed by atoms with Crippen LogP contribution in [0.3, 0.4) is 0 Å². The van der Waals surface area contributed by atoms with Gasteiger partial charge in [0.25, 0.3) is 0 Å². The van der Waals surface area contributed by atoms with Crippen LogP contribution in [-0.4, -0.2) is 44.8 Å². The molecule has 0 bridgehead atoms. The Labute approximate surface area is 81.2 Å². The lowest BCUT2D eigenvalue weighted by atomic mass is 9.89. The van der Waals surface area contributed by atoms with E-state index in [1.807, 2.05) is 0 Å². The van der Waals surface area contributed by atoms with Crippen molar-refractivity contribution in [3.05, 3.63) is 0 Å². The number of hydrogen-bond acceptors (Lipinski definition) is 3. The van der Waals surface area contributed by atoms with E-state index < -0.39 is 0 Å². The zero-order valence-electron chi connectivity index (χ0n) is 8.83. The van der Waals surface area contributed by atoms with Gasteiger partial charge in [-0.25, -0.2) is 0 Å². The van der Waals surface area contributed by atoms with Crippen LogP contribution in [0.4, 0.5) is 0 Å². The van der Waals surface area contributed by atoms with E-state index >= 15 is 0 Å². The van der Waals surface area contributed by atoms with E-state index in [4.69, 9.17) is 10.5 Å². The molecule has 1 fully saturated rings. The Hall–Kier alpha value is -0.120. The van der Waals surface area contributed by atoms with Gasteiger partial charge >= 0.3 is 0 Å². The lowest BCUT2D eigenvalue weighted by molar-refractivity contribution is 0.0353. The minimum atomic E-state index is 0.647. The summed E-state index contributed by atoms with van der Waals surface area (Å²) in [7, 11) is 4.30. The highest BCUT2D eigenvalue weighted by atomic mass is 16.5. The third-order valence-electron chi connectivity index (χ3n) is 2.94. The molecular formula is C10H22N2O. The molecule has 0 spiro atoms. The number of nitrogens with zero attached hydrogens (tertiary/aromatic N) is 1. The van der Waals surface area contributed by atoms with Gasteiger partial charge in [0.15, 0.2) is 0 Å². The molecule has 1 aliphatic rings. The molecule has 0 amide bonds. The highest BCUT2D eigenvalue weighted by Crippen LogP contribution is 2.23. The van der Waals surface area contributed by atoms with Crippen LogP contribution in [0.1, 0.15) is 19.3 Å². The maximum Gasteiger partial charge on any atom is 0.0469 e. The Bertz CT molecular complexity index is 133. The van der Waals surface area contributed by atoms with Crippen LogP contribution < -0.4 is 5.73 Å². The summed E-state index contributed by atoms with van der Waals surface area (Å²) in [5, 5.41) is 0. The van der Waals surface area contributed by atoms with Gasteiger partial charge in [-0.3, -0.25) is 0 Å². The largest absolute Gasteiger partial charge is 0.381 e. The van der Waals surface area contributed by atoms with Crippen molar-refractivity contribution >= 4 is 0 Å².